The van der Waals surface area contributed by atoms with E-state index in [9.17, 15) is 13.7 Å². The molecule has 1 heterocycles. The Morgan fingerprint density at radius 3 is 2.46 bits per heavy atom. The first kappa shape index (κ1) is 27.4. The van der Waals surface area contributed by atoms with Crippen molar-refractivity contribution in [2.45, 2.75) is 57.3 Å². The second kappa shape index (κ2) is 12.7. The topological polar surface area (TPSA) is 61.8 Å². The van der Waals surface area contributed by atoms with Crippen LogP contribution in [0.5, 0.6) is 5.75 Å². The van der Waals surface area contributed by atoms with Gasteiger partial charge in [-0.25, -0.2) is 4.79 Å². The van der Waals surface area contributed by atoms with Crippen LogP contribution in [0.15, 0.2) is 59.4 Å². The highest BCUT2D eigenvalue weighted by molar-refractivity contribution is 7.91. The lowest BCUT2D eigenvalue weighted by molar-refractivity contribution is -0.137. The summed E-state index contributed by atoms with van der Waals surface area (Å²) in [4.78, 5) is 14.1. The molecule has 1 atom stereocenters. The number of carbonyl (C=O) groups is 1. The van der Waals surface area contributed by atoms with Crippen LogP contribution in [-0.2, 0) is 20.7 Å². The molecular formula is C27H33ClFNO4S. The van der Waals surface area contributed by atoms with Gasteiger partial charge in [-0.05, 0) is 42.2 Å². The molecule has 0 bridgehead atoms. The Kier molecular flexibility index (Phi) is 9.89. The van der Waals surface area contributed by atoms with E-state index < -0.39 is 23.0 Å². The van der Waals surface area contributed by atoms with Crippen LogP contribution < -0.4 is 9.64 Å². The van der Waals surface area contributed by atoms with Crippen LogP contribution in [-0.4, -0.2) is 29.9 Å². The molecule has 1 aliphatic rings. The van der Waals surface area contributed by atoms with Crippen molar-refractivity contribution in [2.24, 2.45) is 5.41 Å². The number of para-hydroxylation sites is 1. The van der Waals surface area contributed by atoms with Crippen molar-refractivity contribution in [3.63, 3.8) is 0 Å². The molecule has 190 valence electrons. The molecule has 8 heteroatoms. The van der Waals surface area contributed by atoms with Crippen molar-refractivity contribution in [1.29, 1.82) is 0 Å². The Morgan fingerprint density at radius 2 is 1.86 bits per heavy atom. The fourth-order valence-corrected chi connectivity index (χ4v) is 6.40. The summed E-state index contributed by atoms with van der Waals surface area (Å²) in [6.07, 6.45) is 6.88. The smallest absolute Gasteiger partial charge is 0.370 e. The summed E-state index contributed by atoms with van der Waals surface area (Å²) in [5, 5.41) is 0.227. The monoisotopic (exact) mass is 521 g/mol. The van der Waals surface area contributed by atoms with Crippen molar-refractivity contribution in [3.05, 3.63) is 59.6 Å². The lowest BCUT2D eigenvalue weighted by atomic mass is 9.79. The van der Waals surface area contributed by atoms with Crippen LogP contribution in [0.2, 0.25) is 5.02 Å². The highest BCUT2D eigenvalue weighted by atomic mass is 35.5. The summed E-state index contributed by atoms with van der Waals surface area (Å²) in [7, 11) is 1.08. The molecule has 0 N–H and O–H groups in total. The van der Waals surface area contributed by atoms with E-state index in [-0.39, 0.29) is 16.2 Å². The molecule has 2 aromatic carbocycles. The Hall–Kier alpha value is -2.22. The number of esters is 1. The summed E-state index contributed by atoms with van der Waals surface area (Å²) in [6, 6.07) is 13.3. The molecule has 0 amide bonds. The third kappa shape index (κ3) is 6.72. The molecule has 0 spiro atoms. The Morgan fingerprint density at radius 1 is 1.20 bits per heavy atom. The summed E-state index contributed by atoms with van der Waals surface area (Å²) < 4.78 is 37.4. The van der Waals surface area contributed by atoms with Crippen molar-refractivity contribution in [3.8, 4) is 5.75 Å². The van der Waals surface area contributed by atoms with Gasteiger partial charge in [-0.1, -0.05) is 69.3 Å². The van der Waals surface area contributed by atoms with Gasteiger partial charge in [0.1, 0.15) is 17.8 Å². The van der Waals surface area contributed by atoms with Crippen LogP contribution in [0, 0.1) is 5.41 Å². The minimum absolute atomic E-state index is 0.125. The number of halogens is 2. The number of unbranched alkanes of at least 4 members (excludes halogenated alkanes) is 2. The molecule has 2 aromatic rings. The van der Waals surface area contributed by atoms with Crippen molar-refractivity contribution in [2.75, 3.05) is 24.3 Å². The highest BCUT2D eigenvalue weighted by Crippen LogP contribution is 2.47. The van der Waals surface area contributed by atoms with E-state index in [2.05, 4.69) is 23.5 Å². The largest absolute Gasteiger partial charge is 0.611 e. The van der Waals surface area contributed by atoms with E-state index in [0.717, 1.165) is 63.6 Å². The standard InChI is InChI=1S/C27H33ClFNO4S/c1-4-6-13-27(14-7-5-2)18-30(20-11-9-8-10-12-20)23-15-21(28)24(16-25(23)35(32)19-27)34-17-22(29)26(31)33-3/h8-12,15-17H,4-7,13-14,18-19H2,1-3H3/b22-17-. The Balaban J connectivity index is 2.09. The maximum absolute atomic E-state index is 13.9. The fraction of sp³-hybridized carbons (Fsp3) is 0.444. The first-order valence-electron chi connectivity index (χ1n) is 12.0. The second-order valence-corrected chi connectivity index (χ2v) is 10.8. The zero-order valence-electron chi connectivity index (χ0n) is 20.5. The molecule has 5 nitrogen and oxygen atoms in total. The maximum atomic E-state index is 13.9. The summed E-state index contributed by atoms with van der Waals surface area (Å²) >= 11 is 5.20. The number of fused-ring (bicyclic) bond motifs is 1. The average molecular weight is 522 g/mol. The van der Waals surface area contributed by atoms with E-state index in [4.69, 9.17) is 16.3 Å². The van der Waals surface area contributed by atoms with Crippen molar-refractivity contribution < 1.29 is 23.2 Å². The Labute approximate surface area is 215 Å². The summed E-state index contributed by atoms with van der Waals surface area (Å²) in [6.45, 7) is 5.08. The number of methoxy groups -OCH3 is 1. The molecular weight excluding hydrogens is 489 g/mol. The van der Waals surface area contributed by atoms with E-state index in [0.29, 0.717) is 16.9 Å². The normalized spacial score (nSPS) is 17.5. The van der Waals surface area contributed by atoms with Gasteiger partial charge >= 0.3 is 5.97 Å². The third-order valence-corrected chi connectivity index (χ3v) is 8.33. The number of nitrogens with zero attached hydrogens (tertiary/aromatic N) is 1. The van der Waals surface area contributed by atoms with E-state index >= 15 is 0 Å². The second-order valence-electron chi connectivity index (χ2n) is 8.94. The predicted molar refractivity (Wildman–Crippen MR) is 139 cm³/mol. The van der Waals surface area contributed by atoms with Crippen LogP contribution in [0.3, 0.4) is 0 Å². The fourth-order valence-electron chi connectivity index (χ4n) is 4.46. The van der Waals surface area contributed by atoms with Gasteiger partial charge in [0.25, 0.3) is 0 Å². The van der Waals surface area contributed by atoms with Crippen LogP contribution in [0.25, 0.3) is 0 Å². The zero-order chi connectivity index (χ0) is 25.4. The van der Waals surface area contributed by atoms with Crippen molar-refractivity contribution >= 4 is 40.1 Å². The van der Waals surface area contributed by atoms with Gasteiger partial charge < -0.3 is 18.9 Å². The van der Waals surface area contributed by atoms with Crippen LogP contribution >= 0.6 is 11.6 Å². The SMILES string of the molecule is CCCCC1(CCCC)CN(c2ccccc2)c2cc(Cl)c(O/C=C(\F)C(=O)OC)cc2[S+]([O-])C1. The molecule has 0 aliphatic carbocycles. The highest BCUT2D eigenvalue weighted by Gasteiger charge is 2.42. The predicted octanol–water partition coefficient (Wildman–Crippen LogP) is 7.33. The lowest BCUT2D eigenvalue weighted by Gasteiger charge is -2.36. The number of benzene rings is 2. The van der Waals surface area contributed by atoms with Gasteiger partial charge in [0.05, 0.1) is 17.8 Å². The number of anilines is 2. The van der Waals surface area contributed by atoms with E-state index in [1.807, 2.05) is 30.3 Å². The van der Waals surface area contributed by atoms with E-state index in [1.54, 1.807) is 12.1 Å². The first-order valence-corrected chi connectivity index (χ1v) is 13.7. The van der Waals surface area contributed by atoms with Crippen LogP contribution in [0.1, 0.15) is 52.4 Å². The van der Waals surface area contributed by atoms with Crippen LogP contribution in [0.4, 0.5) is 15.8 Å². The molecule has 0 saturated carbocycles. The molecule has 1 unspecified atom stereocenters. The van der Waals surface area contributed by atoms with Gasteiger partial charge in [-0.15, -0.1) is 0 Å². The van der Waals surface area contributed by atoms with Gasteiger partial charge in [-0.2, -0.15) is 4.39 Å². The molecule has 0 saturated heterocycles. The molecule has 0 aromatic heterocycles. The average Bonchev–Trinajstić information content (AvgIpc) is 2.99. The lowest BCUT2D eigenvalue weighted by Crippen LogP contribution is -2.38. The maximum Gasteiger partial charge on any atom is 0.370 e. The zero-order valence-corrected chi connectivity index (χ0v) is 22.1. The van der Waals surface area contributed by atoms with Crippen molar-refractivity contribution in [1.82, 2.24) is 0 Å². The quantitative estimate of drug-likeness (QED) is 0.142. The minimum atomic E-state index is -1.33. The Bertz CT molecular complexity index is 1030. The molecule has 0 radical (unpaired) electrons. The summed E-state index contributed by atoms with van der Waals surface area (Å²) in [5.74, 6) is -1.69. The number of hydrogen-bond donors (Lipinski definition) is 0. The van der Waals surface area contributed by atoms with Gasteiger partial charge in [0.2, 0.25) is 5.83 Å². The molecule has 0 fully saturated rings. The molecule has 35 heavy (non-hydrogen) atoms. The number of carbonyl (C=O) groups excluding carboxylic acids is 1. The first-order chi connectivity index (χ1) is 16.8. The number of hydrogen-bond acceptors (Lipinski definition) is 5. The number of rotatable bonds is 10. The van der Waals surface area contributed by atoms with Gasteiger partial charge in [0, 0.05) is 23.7 Å². The summed E-state index contributed by atoms with van der Waals surface area (Å²) in [5.41, 5.74) is 1.61. The van der Waals surface area contributed by atoms with Gasteiger partial charge in [-0.3, -0.25) is 0 Å². The van der Waals surface area contributed by atoms with Gasteiger partial charge in [0.15, 0.2) is 4.90 Å². The van der Waals surface area contributed by atoms with E-state index in [1.165, 1.54) is 0 Å². The molecule has 3 rings (SSSR count). The third-order valence-electron chi connectivity index (χ3n) is 6.34. The molecule has 1 aliphatic heterocycles. The number of ether oxygens (including phenoxy) is 2. The minimum Gasteiger partial charge on any atom is -0.611 e.